The van der Waals surface area contributed by atoms with Gasteiger partial charge in [-0.15, -0.1) is 5.10 Å². The van der Waals surface area contributed by atoms with Crippen LogP contribution in [-0.4, -0.2) is 36.2 Å². The van der Waals surface area contributed by atoms with Crippen molar-refractivity contribution in [1.29, 1.82) is 0 Å². The van der Waals surface area contributed by atoms with E-state index in [-0.39, 0.29) is 50.6 Å². The zero-order valence-corrected chi connectivity index (χ0v) is 20.4. The van der Waals surface area contributed by atoms with Gasteiger partial charge in [-0.1, -0.05) is 17.7 Å². The maximum absolute atomic E-state index is 14.1. The van der Waals surface area contributed by atoms with Crippen molar-refractivity contribution in [3.8, 4) is 16.9 Å². The smallest absolute Gasteiger partial charge is 0.417 e. The Balaban J connectivity index is 1.82. The molecule has 0 spiro atoms. The molecule has 188 valence electrons. The van der Waals surface area contributed by atoms with Crippen LogP contribution in [0.25, 0.3) is 11.1 Å². The van der Waals surface area contributed by atoms with Crippen LogP contribution in [0.3, 0.4) is 0 Å². The number of hydrogen-bond donors (Lipinski definition) is 3. The number of H-pyrrole nitrogens is 1. The van der Waals surface area contributed by atoms with E-state index in [9.17, 15) is 21.6 Å². The van der Waals surface area contributed by atoms with Crippen molar-refractivity contribution in [3.63, 3.8) is 0 Å². The zero-order chi connectivity index (χ0) is 25.6. The Bertz CT molecular complexity index is 1370. The van der Waals surface area contributed by atoms with Crippen molar-refractivity contribution in [2.24, 2.45) is 0 Å². The maximum atomic E-state index is 14.1. The molecular formula is C22H23ClF3N5O3S. The van der Waals surface area contributed by atoms with E-state index in [2.05, 4.69) is 19.9 Å². The number of aromatic amines is 1. The highest BCUT2D eigenvalue weighted by Crippen LogP contribution is 2.44. The van der Waals surface area contributed by atoms with Crippen molar-refractivity contribution in [3.05, 3.63) is 52.3 Å². The first-order valence-electron chi connectivity index (χ1n) is 10.6. The highest BCUT2D eigenvalue weighted by Gasteiger charge is 2.38. The molecule has 1 aromatic heterocycles. The number of alkyl halides is 3. The monoisotopic (exact) mass is 529 g/mol. The molecule has 0 atom stereocenters. The lowest BCUT2D eigenvalue weighted by molar-refractivity contribution is -0.137. The van der Waals surface area contributed by atoms with Gasteiger partial charge in [-0.2, -0.15) is 18.2 Å². The minimum atomic E-state index is -4.77. The summed E-state index contributed by atoms with van der Waals surface area (Å²) in [5.41, 5.74) is 3.71. The van der Waals surface area contributed by atoms with Crippen molar-refractivity contribution < 1.29 is 26.3 Å². The fraction of sp³-hybridized carbons (Fsp3) is 0.364. The molecule has 0 saturated heterocycles. The predicted molar refractivity (Wildman–Crippen MR) is 125 cm³/mol. The first kappa shape index (κ1) is 25.3. The van der Waals surface area contributed by atoms with Crippen molar-refractivity contribution in [1.82, 2.24) is 19.9 Å². The molecule has 1 aliphatic rings. The average molecular weight is 530 g/mol. The van der Waals surface area contributed by atoms with E-state index >= 15 is 0 Å². The number of anilines is 1. The summed E-state index contributed by atoms with van der Waals surface area (Å²) >= 11 is 6.36. The van der Waals surface area contributed by atoms with Crippen LogP contribution in [0.5, 0.6) is 5.75 Å². The van der Waals surface area contributed by atoms with Crippen LogP contribution in [0, 0.1) is 0 Å². The van der Waals surface area contributed by atoms with Gasteiger partial charge in [0, 0.05) is 22.5 Å². The summed E-state index contributed by atoms with van der Waals surface area (Å²) in [5.74, 6) is 0.247. The first-order chi connectivity index (χ1) is 16.3. The standard InChI is InChI=1S/C22H23ClF3N5O3S/c1-21(6-3-7-21)31-35(32,33)17-11-13(4-5-16(17)34-2)19-14(22(24,25)26)8-12(9-15(19)23)10-18-28-20(27)30-29-18/h4-5,8-9,11,31H,3,6-7,10H2,1-2H3,(H3,27,28,29,30). The topological polar surface area (TPSA) is 123 Å². The number of nitrogens with zero attached hydrogens (tertiary/aromatic N) is 2. The molecular weight excluding hydrogens is 507 g/mol. The Morgan fingerprint density at radius 3 is 2.51 bits per heavy atom. The number of sulfonamides is 1. The minimum Gasteiger partial charge on any atom is -0.495 e. The molecule has 0 radical (unpaired) electrons. The van der Waals surface area contributed by atoms with Crippen LogP contribution in [0.4, 0.5) is 19.1 Å². The van der Waals surface area contributed by atoms with Crippen molar-refractivity contribution in [2.45, 2.75) is 49.2 Å². The average Bonchev–Trinajstić information content (AvgIpc) is 3.15. The number of nitrogens with two attached hydrogens (primary N) is 1. The number of aromatic nitrogens is 3. The van der Waals surface area contributed by atoms with E-state index in [4.69, 9.17) is 22.1 Å². The molecule has 1 heterocycles. The number of nitrogen functional groups attached to an aromatic ring is 1. The van der Waals surface area contributed by atoms with E-state index in [1.54, 1.807) is 6.92 Å². The van der Waals surface area contributed by atoms with Crippen LogP contribution < -0.4 is 15.2 Å². The van der Waals surface area contributed by atoms with Gasteiger partial charge in [0.1, 0.15) is 16.5 Å². The van der Waals surface area contributed by atoms with Crippen LogP contribution in [-0.2, 0) is 22.6 Å². The van der Waals surface area contributed by atoms with Gasteiger partial charge in [-0.25, -0.2) is 13.1 Å². The van der Waals surface area contributed by atoms with Gasteiger partial charge in [0.25, 0.3) is 0 Å². The summed E-state index contributed by atoms with van der Waals surface area (Å²) in [5, 5.41) is 6.01. The second-order valence-electron chi connectivity index (χ2n) is 8.70. The Labute approximate surface area is 205 Å². The number of rotatable bonds is 7. The lowest BCUT2D eigenvalue weighted by Gasteiger charge is -2.38. The van der Waals surface area contributed by atoms with Crippen LogP contribution >= 0.6 is 11.6 Å². The number of ether oxygens (including phenoxy) is 1. The lowest BCUT2D eigenvalue weighted by Crippen LogP contribution is -2.50. The van der Waals surface area contributed by atoms with Crippen LogP contribution in [0.15, 0.2) is 35.2 Å². The molecule has 35 heavy (non-hydrogen) atoms. The SMILES string of the molecule is COc1ccc(-c2c(Cl)cc(Cc3nc(N)n[nH]3)cc2C(F)(F)F)cc1S(=O)(=O)NC1(C)CCC1. The second kappa shape index (κ2) is 8.99. The molecule has 1 saturated carbocycles. The van der Waals surface area contributed by atoms with Gasteiger partial charge in [-0.05, 0) is 61.6 Å². The maximum Gasteiger partial charge on any atom is 0.417 e. The molecule has 4 N–H and O–H groups in total. The van der Waals surface area contributed by atoms with E-state index in [1.807, 2.05) is 0 Å². The third-order valence-corrected chi connectivity index (χ3v) is 7.91. The van der Waals surface area contributed by atoms with E-state index in [0.717, 1.165) is 18.6 Å². The van der Waals surface area contributed by atoms with E-state index in [0.29, 0.717) is 12.8 Å². The molecule has 1 fully saturated rings. The molecule has 0 aliphatic heterocycles. The first-order valence-corrected chi connectivity index (χ1v) is 12.5. The van der Waals surface area contributed by atoms with Gasteiger partial charge < -0.3 is 10.5 Å². The molecule has 0 amide bonds. The fourth-order valence-corrected chi connectivity index (χ4v) is 6.11. The van der Waals surface area contributed by atoms with Crippen molar-refractivity contribution in [2.75, 3.05) is 12.8 Å². The Kier molecular flexibility index (Phi) is 6.49. The van der Waals surface area contributed by atoms with Gasteiger partial charge in [-0.3, -0.25) is 5.10 Å². The zero-order valence-electron chi connectivity index (χ0n) is 18.8. The summed E-state index contributed by atoms with van der Waals surface area (Å²) in [6.45, 7) is 1.78. The van der Waals surface area contributed by atoms with Crippen molar-refractivity contribution >= 4 is 27.6 Å². The molecule has 0 unspecified atom stereocenters. The van der Waals surface area contributed by atoms with Crippen LogP contribution in [0.2, 0.25) is 5.02 Å². The summed E-state index contributed by atoms with van der Waals surface area (Å²) in [6, 6.07) is 6.13. The second-order valence-corrected chi connectivity index (χ2v) is 10.8. The normalized spacial score (nSPS) is 15.6. The highest BCUT2D eigenvalue weighted by atomic mass is 35.5. The van der Waals surface area contributed by atoms with Crippen LogP contribution in [0.1, 0.15) is 43.1 Å². The van der Waals surface area contributed by atoms with E-state index in [1.165, 1.54) is 25.3 Å². The quantitative estimate of drug-likeness (QED) is 0.413. The van der Waals surface area contributed by atoms with Gasteiger partial charge in [0.2, 0.25) is 16.0 Å². The predicted octanol–water partition coefficient (Wildman–Crippen LogP) is 4.55. The molecule has 3 aromatic rings. The Hall–Kier alpha value is -2.83. The molecule has 0 bridgehead atoms. The third kappa shape index (κ3) is 5.24. The molecule has 13 heteroatoms. The molecule has 4 rings (SSSR count). The Morgan fingerprint density at radius 1 is 1.26 bits per heavy atom. The number of nitrogens with one attached hydrogen (secondary N) is 2. The lowest BCUT2D eigenvalue weighted by atomic mass is 9.80. The third-order valence-electron chi connectivity index (χ3n) is 5.96. The summed E-state index contributed by atoms with van der Waals surface area (Å²) in [7, 11) is -2.80. The number of hydrogen-bond acceptors (Lipinski definition) is 6. The Morgan fingerprint density at radius 2 is 1.97 bits per heavy atom. The summed E-state index contributed by atoms with van der Waals surface area (Å²) < 4.78 is 76.5. The van der Waals surface area contributed by atoms with Gasteiger partial charge in [0.15, 0.2) is 0 Å². The number of halogens is 4. The van der Waals surface area contributed by atoms with Gasteiger partial charge >= 0.3 is 6.18 Å². The van der Waals surface area contributed by atoms with Gasteiger partial charge in [0.05, 0.1) is 12.7 Å². The summed E-state index contributed by atoms with van der Waals surface area (Å²) in [4.78, 5) is 3.64. The molecule has 2 aromatic carbocycles. The largest absolute Gasteiger partial charge is 0.495 e. The molecule has 8 nitrogen and oxygen atoms in total. The molecule has 1 aliphatic carbocycles. The minimum absolute atomic E-state index is 0.00776. The number of methoxy groups -OCH3 is 1. The number of benzene rings is 2. The van der Waals surface area contributed by atoms with E-state index < -0.39 is 27.3 Å². The highest BCUT2D eigenvalue weighted by molar-refractivity contribution is 7.89. The summed E-state index contributed by atoms with van der Waals surface area (Å²) in [6.07, 6.45) is -2.58. The fourth-order valence-electron chi connectivity index (χ4n) is 4.10.